The number of hydrogen-bond acceptors (Lipinski definition) is 7. The largest absolute Gasteiger partial charge is 0.373 e. The number of fused-ring (bicyclic) bond motifs is 1. The Kier molecular flexibility index (Phi) is 6.84. The molecule has 186 valence electrons. The Bertz CT molecular complexity index is 1050. The average molecular weight is 507 g/mol. The third kappa shape index (κ3) is 5.46. The standard InChI is InChI=1S/C25H34O7SSi/c1-23(2,3)28-17-20-21(31-33(6,26)27)22-25(29-20,32-24(4,5)30-22)34(18-13-9-7-10-14-18)19-15-11-8-12-16-19/h7-16,20-22,34H,17H2,1-6H3/t20-,21+,22-,25-/m1/s1. The van der Waals surface area contributed by atoms with E-state index in [1.807, 2.05) is 71.0 Å². The van der Waals surface area contributed by atoms with E-state index in [9.17, 15) is 8.42 Å². The van der Waals surface area contributed by atoms with Gasteiger partial charge >= 0.3 is 0 Å². The molecule has 0 N–H and O–H groups in total. The van der Waals surface area contributed by atoms with Crippen LogP contribution in [-0.4, -0.2) is 65.2 Å². The maximum atomic E-state index is 12.3. The molecule has 2 aromatic carbocycles. The molecule has 2 saturated heterocycles. The van der Waals surface area contributed by atoms with Crippen molar-refractivity contribution < 1.29 is 31.5 Å². The molecule has 0 aromatic heterocycles. The van der Waals surface area contributed by atoms with Gasteiger partial charge in [-0.2, -0.15) is 8.42 Å². The lowest BCUT2D eigenvalue weighted by Gasteiger charge is -2.36. The molecule has 0 amide bonds. The molecule has 0 bridgehead atoms. The van der Waals surface area contributed by atoms with Crippen molar-refractivity contribution >= 4 is 29.3 Å². The summed E-state index contributed by atoms with van der Waals surface area (Å²) in [5.74, 6) is -0.992. The highest BCUT2D eigenvalue weighted by molar-refractivity contribution is 7.86. The molecule has 4 atom stereocenters. The van der Waals surface area contributed by atoms with Crippen LogP contribution in [0.2, 0.25) is 0 Å². The number of ether oxygens (including phenoxy) is 4. The van der Waals surface area contributed by atoms with Gasteiger partial charge in [-0.15, -0.1) is 0 Å². The Balaban J connectivity index is 1.85. The fourth-order valence-corrected chi connectivity index (χ4v) is 9.21. The Morgan fingerprint density at radius 1 is 0.941 bits per heavy atom. The van der Waals surface area contributed by atoms with E-state index in [0.29, 0.717) is 0 Å². The maximum absolute atomic E-state index is 12.3. The van der Waals surface area contributed by atoms with E-state index in [-0.39, 0.29) is 6.61 Å². The topological polar surface area (TPSA) is 80.3 Å². The fraction of sp³-hybridized carbons (Fsp3) is 0.520. The number of benzene rings is 2. The van der Waals surface area contributed by atoms with Gasteiger partial charge in [-0.3, -0.25) is 4.18 Å². The van der Waals surface area contributed by atoms with Crippen LogP contribution in [0, 0.1) is 0 Å². The molecule has 2 aliphatic heterocycles. The molecule has 7 nitrogen and oxygen atoms in total. The van der Waals surface area contributed by atoms with E-state index in [1.54, 1.807) is 0 Å². The Labute approximate surface area is 204 Å². The summed E-state index contributed by atoms with van der Waals surface area (Å²) in [6.45, 7) is 9.58. The lowest BCUT2D eigenvalue weighted by Crippen LogP contribution is -2.65. The monoisotopic (exact) mass is 506 g/mol. The molecule has 0 aliphatic carbocycles. The minimum Gasteiger partial charge on any atom is -0.373 e. The number of rotatable bonds is 7. The number of hydrogen-bond donors (Lipinski definition) is 0. The molecule has 0 saturated carbocycles. The van der Waals surface area contributed by atoms with E-state index in [4.69, 9.17) is 23.1 Å². The van der Waals surface area contributed by atoms with Crippen molar-refractivity contribution in [1.82, 2.24) is 0 Å². The molecule has 4 rings (SSSR count). The van der Waals surface area contributed by atoms with Crippen LogP contribution in [0.25, 0.3) is 0 Å². The molecule has 34 heavy (non-hydrogen) atoms. The first-order chi connectivity index (χ1) is 15.8. The maximum Gasteiger partial charge on any atom is 0.264 e. The second kappa shape index (κ2) is 9.13. The first kappa shape index (κ1) is 25.5. The van der Waals surface area contributed by atoms with Gasteiger partial charge in [0.05, 0.1) is 18.5 Å². The molecule has 2 heterocycles. The summed E-state index contributed by atoms with van der Waals surface area (Å²) in [6, 6.07) is 20.2. The van der Waals surface area contributed by atoms with Gasteiger partial charge in [0, 0.05) is 0 Å². The minimum absolute atomic E-state index is 0.139. The van der Waals surface area contributed by atoms with E-state index in [0.717, 1.165) is 16.6 Å². The van der Waals surface area contributed by atoms with Gasteiger partial charge in [0.15, 0.2) is 20.0 Å². The smallest absolute Gasteiger partial charge is 0.264 e. The molecular weight excluding hydrogens is 472 g/mol. The zero-order valence-corrected chi connectivity index (χ0v) is 22.5. The molecule has 2 aromatic rings. The Morgan fingerprint density at radius 2 is 1.47 bits per heavy atom. The molecule has 0 spiro atoms. The van der Waals surface area contributed by atoms with Crippen LogP contribution < -0.4 is 10.4 Å². The fourth-order valence-electron chi connectivity index (χ4n) is 4.75. The predicted octanol–water partition coefficient (Wildman–Crippen LogP) is 1.97. The summed E-state index contributed by atoms with van der Waals surface area (Å²) in [5.41, 5.74) is -1.64. The molecule has 2 fully saturated rings. The third-order valence-corrected chi connectivity index (χ3v) is 9.91. The molecule has 9 heteroatoms. The summed E-state index contributed by atoms with van der Waals surface area (Å²) in [4.78, 5) is 0. The lowest BCUT2D eigenvalue weighted by molar-refractivity contribution is -0.238. The third-order valence-electron chi connectivity index (χ3n) is 5.85. The van der Waals surface area contributed by atoms with E-state index >= 15 is 0 Å². The van der Waals surface area contributed by atoms with Crippen LogP contribution in [0.1, 0.15) is 34.6 Å². The summed E-state index contributed by atoms with van der Waals surface area (Å²) in [7, 11) is -6.14. The van der Waals surface area contributed by atoms with Gasteiger partial charge < -0.3 is 18.9 Å². The van der Waals surface area contributed by atoms with Crippen LogP contribution in [-0.2, 0) is 33.2 Å². The van der Waals surface area contributed by atoms with Gasteiger partial charge in [0.1, 0.15) is 18.3 Å². The van der Waals surface area contributed by atoms with E-state index < -0.39 is 54.0 Å². The second-order valence-electron chi connectivity index (χ2n) is 10.4. The average Bonchev–Trinajstić information content (AvgIpc) is 3.14. The normalized spacial score (nSPS) is 28.9. The Morgan fingerprint density at radius 3 is 1.94 bits per heavy atom. The SMILES string of the molecule is CC(C)(C)OC[C@H]1O[C@@]2([SiH](c3ccccc3)c3ccccc3)OC(C)(C)O[C@@H]2[C@H]1OS(C)(=O)=O. The van der Waals surface area contributed by atoms with Gasteiger partial charge in [-0.25, -0.2) is 0 Å². The van der Waals surface area contributed by atoms with E-state index in [1.165, 1.54) is 0 Å². The van der Waals surface area contributed by atoms with Crippen LogP contribution >= 0.6 is 0 Å². The highest BCUT2D eigenvalue weighted by atomic mass is 32.2. The molecule has 0 unspecified atom stereocenters. The Hall–Kier alpha value is -1.59. The predicted molar refractivity (Wildman–Crippen MR) is 132 cm³/mol. The summed E-state index contributed by atoms with van der Waals surface area (Å²) in [5, 5.41) is 2.19. The summed E-state index contributed by atoms with van der Waals surface area (Å²) >= 11 is 0. The van der Waals surface area contributed by atoms with Crippen LogP contribution in [0.4, 0.5) is 0 Å². The van der Waals surface area contributed by atoms with Crippen LogP contribution in [0.3, 0.4) is 0 Å². The van der Waals surface area contributed by atoms with E-state index in [2.05, 4.69) is 24.3 Å². The minimum atomic E-state index is -3.81. The van der Waals surface area contributed by atoms with Crippen LogP contribution in [0.15, 0.2) is 60.7 Å². The second-order valence-corrected chi connectivity index (χ2v) is 15.0. The molecule has 2 aliphatic rings. The highest BCUT2D eigenvalue weighted by Crippen LogP contribution is 2.48. The lowest BCUT2D eigenvalue weighted by atomic mass is 10.1. The van der Waals surface area contributed by atoms with Crippen molar-refractivity contribution in [2.75, 3.05) is 12.9 Å². The highest BCUT2D eigenvalue weighted by Gasteiger charge is 2.69. The van der Waals surface area contributed by atoms with Gasteiger partial charge in [-0.05, 0) is 34.6 Å². The molecular formula is C25H34O7SSi. The van der Waals surface area contributed by atoms with Crippen molar-refractivity contribution in [1.29, 1.82) is 0 Å². The summed E-state index contributed by atoms with van der Waals surface area (Å²) in [6.07, 6.45) is -1.33. The quantitative estimate of drug-likeness (QED) is 0.420. The first-order valence-electron chi connectivity index (χ1n) is 11.5. The van der Waals surface area contributed by atoms with Crippen LogP contribution in [0.5, 0.6) is 0 Å². The van der Waals surface area contributed by atoms with Gasteiger partial charge in [-0.1, -0.05) is 71.0 Å². The van der Waals surface area contributed by atoms with Crippen molar-refractivity contribution in [2.45, 2.75) is 69.7 Å². The first-order valence-corrected chi connectivity index (χ1v) is 15.0. The van der Waals surface area contributed by atoms with Crippen molar-refractivity contribution in [3.05, 3.63) is 60.7 Å². The zero-order valence-electron chi connectivity index (χ0n) is 20.6. The van der Waals surface area contributed by atoms with Crippen molar-refractivity contribution in [3.8, 4) is 0 Å². The summed E-state index contributed by atoms with van der Waals surface area (Å²) < 4.78 is 55.9. The van der Waals surface area contributed by atoms with Crippen molar-refractivity contribution in [2.24, 2.45) is 0 Å². The van der Waals surface area contributed by atoms with Crippen molar-refractivity contribution in [3.63, 3.8) is 0 Å². The van der Waals surface area contributed by atoms with Gasteiger partial charge in [0.2, 0.25) is 0 Å². The molecule has 0 radical (unpaired) electrons. The zero-order chi connectivity index (χ0) is 24.8. The van der Waals surface area contributed by atoms with Gasteiger partial charge in [0.25, 0.3) is 10.1 Å².